The first-order valence-electron chi connectivity index (χ1n) is 6.46. The first-order chi connectivity index (χ1) is 9.84. The van der Waals surface area contributed by atoms with Crippen molar-refractivity contribution in [2.24, 2.45) is 11.8 Å². The molecule has 4 atom stereocenters. The summed E-state index contributed by atoms with van der Waals surface area (Å²) in [6.45, 7) is 1.38. The first kappa shape index (κ1) is 13.7. The number of halogens is 1. The van der Waals surface area contributed by atoms with Gasteiger partial charge in [0.2, 0.25) is 11.8 Å². The third-order valence-electron chi connectivity index (χ3n) is 4.30. The zero-order chi connectivity index (χ0) is 15.4. The third-order valence-corrected chi connectivity index (χ3v) is 4.30. The van der Waals surface area contributed by atoms with Crippen LogP contribution in [0.15, 0.2) is 24.3 Å². The van der Waals surface area contributed by atoms with Gasteiger partial charge in [-0.15, -0.1) is 0 Å². The number of carbonyl (C=O) groups is 3. The number of nitrogens with one attached hydrogen (secondary N) is 2. The van der Waals surface area contributed by atoms with Crippen molar-refractivity contribution < 1.29 is 23.9 Å². The van der Waals surface area contributed by atoms with E-state index < -0.39 is 47.0 Å². The molecule has 2 heterocycles. The summed E-state index contributed by atoms with van der Waals surface area (Å²) >= 11 is 0. The van der Waals surface area contributed by atoms with E-state index in [1.807, 2.05) is 0 Å². The molecule has 4 unspecified atom stereocenters. The number of amides is 2. The Hall–Kier alpha value is -2.28. The number of fused-ring (bicyclic) bond motifs is 1. The maximum Gasteiger partial charge on any atom is 0.324 e. The molecule has 2 fully saturated rings. The fraction of sp³-hybridized carbons (Fsp3) is 0.357. The second-order valence-corrected chi connectivity index (χ2v) is 5.54. The molecule has 7 heteroatoms. The van der Waals surface area contributed by atoms with Gasteiger partial charge in [-0.2, -0.15) is 0 Å². The Morgan fingerprint density at radius 3 is 2.43 bits per heavy atom. The lowest BCUT2D eigenvalue weighted by Gasteiger charge is -2.24. The number of carboxylic acids is 1. The van der Waals surface area contributed by atoms with Crippen molar-refractivity contribution in [3.63, 3.8) is 0 Å². The lowest BCUT2D eigenvalue weighted by Crippen LogP contribution is -2.52. The monoisotopic (exact) mass is 292 g/mol. The zero-order valence-electron chi connectivity index (χ0n) is 11.1. The van der Waals surface area contributed by atoms with Crippen molar-refractivity contribution in [2.45, 2.75) is 18.5 Å². The first-order valence-corrected chi connectivity index (χ1v) is 6.46. The molecule has 0 bridgehead atoms. The number of carbonyl (C=O) groups excluding carboxylic acids is 2. The molecule has 2 amide bonds. The number of hydrogen-bond acceptors (Lipinski definition) is 4. The summed E-state index contributed by atoms with van der Waals surface area (Å²) < 4.78 is 13.0. The molecule has 2 saturated heterocycles. The van der Waals surface area contributed by atoms with Crippen molar-refractivity contribution in [3.8, 4) is 0 Å². The van der Waals surface area contributed by atoms with Crippen LogP contribution in [0.1, 0.15) is 18.5 Å². The average molecular weight is 292 g/mol. The van der Waals surface area contributed by atoms with Crippen LogP contribution in [-0.4, -0.2) is 28.4 Å². The SMILES string of the molecule is CC1(C(=O)O)NC(c2ccc(F)cc2)C2C(=O)NC(=O)C21. The molecule has 0 radical (unpaired) electrons. The minimum Gasteiger partial charge on any atom is -0.480 e. The molecule has 0 spiro atoms. The van der Waals surface area contributed by atoms with Gasteiger partial charge in [0, 0.05) is 6.04 Å². The van der Waals surface area contributed by atoms with Gasteiger partial charge < -0.3 is 5.11 Å². The minimum absolute atomic E-state index is 0.429. The van der Waals surface area contributed by atoms with Crippen molar-refractivity contribution >= 4 is 17.8 Å². The molecule has 3 rings (SSSR count). The highest BCUT2D eigenvalue weighted by Gasteiger charge is 2.64. The number of rotatable bonds is 2. The highest BCUT2D eigenvalue weighted by Crippen LogP contribution is 2.45. The van der Waals surface area contributed by atoms with Crippen molar-refractivity contribution in [1.82, 2.24) is 10.6 Å². The maximum absolute atomic E-state index is 13.0. The molecule has 0 aliphatic carbocycles. The molecule has 2 aliphatic rings. The number of benzene rings is 1. The molecule has 21 heavy (non-hydrogen) atoms. The predicted octanol–water partition coefficient (Wildman–Crippen LogP) is 0.202. The molecule has 2 aliphatic heterocycles. The molecule has 6 nitrogen and oxygen atoms in total. The van der Waals surface area contributed by atoms with Crippen LogP contribution in [0.2, 0.25) is 0 Å². The van der Waals surface area contributed by atoms with Crippen LogP contribution in [0, 0.1) is 17.7 Å². The van der Waals surface area contributed by atoms with Crippen molar-refractivity contribution in [2.75, 3.05) is 0 Å². The van der Waals surface area contributed by atoms with Crippen LogP contribution in [0.3, 0.4) is 0 Å². The number of imide groups is 1. The summed E-state index contributed by atoms with van der Waals surface area (Å²) in [7, 11) is 0. The van der Waals surface area contributed by atoms with Gasteiger partial charge in [0.05, 0.1) is 11.8 Å². The van der Waals surface area contributed by atoms with E-state index >= 15 is 0 Å². The summed E-state index contributed by atoms with van der Waals surface area (Å²) in [4.78, 5) is 35.4. The zero-order valence-corrected chi connectivity index (χ0v) is 11.1. The van der Waals surface area contributed by atoms with E-state index in [2.05, 4.69) is 10.6 Å². The van der Waals surface area contributed by atoms with Crippen molar-refractivity contribution in [3.05, 3.63) is 35.6 Å². The molecule has 0 aromatic heterocycles. The largest absolute Gasteiger partial charge is 0.480 e. The highest BCUT2D eigenvalue weighted by molar-refractivity contribution is 6.09. The van der Waals surface area contributed by atoms with Gasteiger partial charge in [0.25, 0.3) is 0 Å². The second-order valence-electron chi connectivity index (χ2n) is 5.54. The van der Waals surface area contributed by atoms with Crippen LogP contribution < -0.4 is 10.6 Å². The molecule has 0 saturated carbocycles. The fourth-order valence-corrected chi connectivity index (χ4v) is 3.22. The van der Waals surface area contributed by atoms with E-state index in [-0.39, 0.29) is 0 Å². The minimum atomic E-state index is -1.54. The summed E-state index contributed by atoms with van der Waals surface area (Å²) in [6, 6.07) is 4.78. The van der Waals surface area contributed by atoms with Crippen LogP contribution in [0.25, 0.3) is 0 Å². The Balaban J connectivity index is 2.07. The van der Waals surface area contributed by atoms with E-state index in [4.69, 9.17) is 0 Å². The van der Waals surface area contributed by atoms with Gasteiger partial charge in [-0.1, -0.05) is 12.1 Å². The Morgan fingerprint density at radius 2 is 1.86 bits per heavy atom. The van der Waals surface area contributed by atoms with E-state index in [0.717, 1.165) is 0 Å². The normalized spacial score (nSPS) is 34.7. The van der Waals surface area contributed by atoms with Gasteiger partial charge >= 0.3 is 5.97 Å². The van der Waals surface area contributed by atoms with E-state index in [1.54, 1.807) is 0 Å². The van der Waals surface area contributed by atoms with E-state index in [1.165, 1.54) is 31.2 Å². The number of hydrogen-bond donors (Lipinski definition) is 3. The molecule has 3 N–H and O–H groups in total. The maximum atomic E-state index is 13.0. The quantitative estimate of drug-likeness (QED) is 0.677. The lowest BCUT2D eigenvalue weighted by molar-refractivity contribution is -0.148. The van der Waals surface area contributed by atoms with Crippen LogP contribution >= 0.6 is 0 Å². The molecular formula is C14H13FN2O4. The predicted molar refractivity (Wildman–Crippen MR) is 68.4 cm³/mol. The Morgan fingerprint density at radius 1 is 1.24 bits per heavy atom. The van der Waals surface area contributed by atoms with Gasteiger partial charge in [0.15, 0.2) is 0 Å². The average Bonchev–Trinajstić information content (AvgIpc) is 2.89. The van der Waals surface area contributed by atoms with Gasteiger partial charge in [0.1, 0.15) is 11.4 Å². The van der Waals surface area contributed by atoms with Crippen LogP contribution in [0.5, 0.6) is 0 Å². The summed E-state index contributed by atoms with van der Waals surface area (Å²) in [5, 5.41) is 14.5. The smallest absolute Gasteiger partial charge is 0.324 e. The molecule has 1 aromatic rings. The molecular weight excluding hydrogens is 279 g/mol. The fourth-order valence-electron chi connectivity index (χ4n) is 3.22. The topological polar surface area (TPSA) is 95.5 Å². The van der Waals surface area contributed by atoms with Gasteiger partial charge in [-0.05, 0) is 24.6 Å². The Kier molecular flexibility index (Phi) is 2.84. The summed E-state index contributed by atoms with van der Waals surface area (Å²) in [5.74, 6) is -4.53. The Bertz CT molecular complexity index is 645. The molecule has 1 aromatic carbocycles. The van der Waals surface area contributed by atoms with E-state index in [9.17, 15) is 23.9 Å². The third kappa shape index (κ3) is 1.84. The second kappa shape index (κ2) is 4.36. The summed E-state index contributed by atoms with van der Waals surface area (Å²) in [5.41, 5.74) is -0.971. The lowest BCUT2D eigenvalue weighted by atomic mass is 9.80. The van der Waals surface area contributed by atoms with E-state index in [0.29, 0.717) is 5.56 Å². The summed E-state index contributed by atoms with van der Waals surface area (Å²) in [6.07, 6.45) is 0. The standard InChI is InChI=1S/C14H13FN2O4/c1-14(13(20)21)9-8(11(18)16-12(9)19)10(17-14)6-2-4-7(15)5-3-6/h2-5,8-10,17H,1H3,(H,20,21)(H,16,18,19). The Labute approximate surface area is 119 Å². The number of carboxylic acid groups (broad SMARTS) is 1. The highest BCUT2D eigenvalue weighted by atomic mass is 19.1. The van der Waals surface area contributed by atoms with Crippen LogP contribution in [0.4, 0.5) is 4.39 Å². The van der Waals surface area contributed by atoms with Gasteiger partial charge in [-0.3, -0.25) is 25.0 Å². The van der Waals surface area contributed by atoms with Gasteiger partial charge in [-0.25, -0.2) is 4.39 Å². The number of aliphatic carboxylic acids is 1. The van der Waals surface area contributed by atoms with Crippen molar-refractivity contribution in [1.29, 1.82) is 0 Å². The molecule has 110 valence electrons. The van der Waals surface area contributed by atoms with Crippen LogP contribution in [-0.2, 0) is 14.4 Å².